The van der Waals surface area contributed by atoms with Crippen LogP contribution >= 0.6 is 0 Å². The number of alkyl halides is 3. The number of nitrogens with zero attached hydrogens (tertiary/aromatic N) is 1. The molecular formula is C24H21F3N2O4. The molecule has 4 aromatic rings. The molecular weight excluding hydrogens is 437 g/mol. The second kappa shape index (κ2) is 9.50. The first-order valence-electron chi connectivity index (χ1n) is 10.4. The maximum absolute atomic E-state index is 10.6. The normalized spacial score (nSPS) is 14.6. The standard InChI is InChI=1S/C22H20N2O2.C2HF3O2/c1-2-4-19-15(3-1)13-21(26-19)22-18-9-12-24-14-16(18)5-6-20(22)25-17-7-10-23-11-8-17;3-2(4,5)1(6)7/h1-6,9,12-14,17,23H,7-8,10-11H2;(H,6,7). The van der Waals surface area contributed by atoms with E-state index in [1.165, 1.54) is 0 Å². The quantitative estimate of drug-likeness (QED) is 0.427. The Hall–Kier alpha value is -3.59. The molecule has 2 N–H and O–H groups in total. The summed E-state index contributed by atoms with van der Waals surface area (Å²) >= 11 is 0. The molecule has 0 amide bonds. The highest BCUT2D eigenvalue weighted by molar-refractivity contribution is 6.00. The zero-order valence-electron chi connectivity index (χ0n) is 17.4. The highest BCUT2D eigenvalue weighted by Crippen LogP contribution is 2.40. The molecule has 0 spiro atoms. The Bertz CT molecular complexity index is 1230. The molecule has 5 rings (SSSR count). The lowest BCUT2D eigenvalue weighted by molar-refractivity contribution is -0.192. The van der Waals surface area contributed by atoms with E-state index in [2.05, 4.69) is 34.6 Å². The topological polar surface area (TPSA) is 84.6 Å². The number of halogens is 3. The molecule has 9 heteroatoms. The van der Waals surface area contributed by atoms with Crippen molar-refractivity contribution in [1.29, 1.82) is 0 Å². The van der Waals surface area contributed by atoms with Crippen LogP contribution in [0.4, 0.5) is 13.2 Å². The third kappa shape index (κ3) is 5.25. The number of aromatic nitrogens is 1. The summed E-state index contributed by atoms with van der Waals surface area (Å²) in [6.07, 6.45) is 0.902. The van der Waals surface area contributed by atoms with Gasteiger partial charge in [0.1, 0.15) is 23.2 Å². The largest absolute Gasteiger partial charge is 0.490 e. The Balaban J connectivity index is 0.000000325. The number of carboxylic acids is 1. The first-order chi connectivity index (χ1) is 15.8. The summed E-state index contributed by atoms with van der Waals surface area (Å²) in [7, 11) is 0. The zero-order chi connectivity index (χ0) is 23.4. The highest BCUT2D eigenvalue weighted by atomic mass is 19.4. The van der Waals surface area contributed by atoms with Crippen LogP contribution in [0.25, 0.3) is 33.1 Å². The van der Waals surface area contributed by atoms with Gasteiger partial charge in [0.2, 0.25) is 0 Å². The van der Waals surface area contributed by atoms with E-state index in [1.807, 2.05) is 36.7 Å². The number of benzene rings is 2. The van der Waals surface area contributed by atoms with E-state index in [-0.39, 0.29) is 6.10 Å². The minimum atomic E-state index is -5.08. The van der Waals surface area contributed by atoms with E-state index < -0.39 is 12.1 Å². The predicted octanol–water partition coefficient (Wildman–Crippen LogP) is 5.41. The molecule has 0 saturated carbocycles. The Morgan fingerprint density at radius 3 is 2.52 bits per heavy atom. The summed E-state index contributed by atoms with van der Waals surface area (Å²) in [6, 6.07) is 16.4. The van der Waals surface area contributed by atoms with Crippen LogP contribution in [-0.2, 0) is 4.79 Å². The molecule has 0 unspecified atom stereocenters. The minimum absolute atomic E-state index is 0.235. The zero-order valence-corrected chi connectivity index (χ0v) is 17.4. The smallest absolute Gasteiger partial charge is 0.490 e. The number of aliphatic carboxylic acids is 1. The van der Waals surface area contributed by atoms with Crippen LogP contribution in [0.1, 0.15) is 12.8 Å². The van der Waals surface area contributed by atoms with Gasteiger partial charge in [0.25, 0.3) is 0 Å². The Morgan fingerprint density at radius 1 is 1.09 bits per heavy atom. The van der Waals surface area contributed by atoms with E-state index in [9.17, 15) is 13.2 Å². The van der Waals surface area contributed by atoms with Gasteiger partial charge in [0, 0.05) is 23.2 Å². The van der Waals surface area contributed by atoms with E-state index in [0.717, 1.165) is 64.7 Å². The maximum atomic E-state index is 10.6. The Kier molecular flexibility index (Phi) is 6.50. The van der Waals surface area contributed by atoms with Crippen molar-refractivity contribution >= 4 is 27.7 Å². The SMILES string of the molecule is O=C(O)C(F)(F)F.c1ccc2oc(-c3c(OC4CCNCC4)ccc4cnccc34)cc2c1. The summed E-state index contributed by atoms with van der Waals surface area (Å²) in [5.74, 6) is -1.03. The van der Waals surface area contributed by atoms with Gasteiger partial charge in [-0.2, -0.15) is 13.2 Å². The van der Waals surface area contributed by atoms with Gasteiger partial charge in [-0.15, -0.1) is 0 Å². The molecule has 3 heterocycles. The van der Waals surface area contributed by atoms with Gasteiger partial charge in [0.05, 0.1) is 5.56 Å². The molecule has 6 nitrogen and oxygen atoms in total. The lowest BCUT2D eigenvalue weighted by atomic mass is 10.0. The number of carboxylic acid groups (broad SMARTS) is 1. The molecule has 1 aliphatic rings. The Morgan fingerprint density at radius 2 is 1.82 bits per heavy atom. The van der Waals surface area contributed by atoms with Gasteiger partial charge in [-0.05, 0) is 61.6 Å². The molecule has 0 radical (unpaired) electrons. The summed E-state index contributed by atoms with van der Waals surface area (Å²) in [5.41, 5.74) is 1.90. The summed E-state index contributed by atoms with van der Waals surface area (Å²) in [5, 5.41) is 13.8. The van der Waals surface area contributed by atoms with Gasteiger partial charge in [-0.1, -0.05) is 18.2 Å². The van der Waals surface area contributed by atoms with Gasteiger partial charge in [-0.3, -0.25) is 4.98 Å². The third-order valence-corrected chi connectivity index (χ3v) is 5.28. The maximum Gasteiger partial charge on any atom is 0.490 e. The second-order valence-corrected chi connectivity index (χ2v) is 7.55. The van der Waals surface area contributed by atoms with Crippen molar-refractivity contribution in [3.05, 3.63) is 60.9 Å². The number of pyridine rings is 1. The molecule has 2 aromatic carbocycles. The number of nitrogens with one attached hydrogen (secondary N) is 1. The number of ether oxygens (including phenoxy) is 1. The molecule has 33 heavy (non-hydrogen) atoms. The van der Waals surface area contributed by atoms with Crippen molar-refractivity contribution in [1.82, 2.24) is 10.3 Å². The van der Waals surface area contributed by atoms with Crippen LogP contribution in [0.5, 0.6) is 5.75 Å². The number of piperidine rings is 1. The average Bonchev–Trinajstić information content (AvgIpc) is 3.23. The number of fused-ring (bicyclic) bond motifs is 2. The molecule has 1 fully saturated rings. The van der Waals surface area contributed by atoms with E-state index >= 15 is 0 Å². The summed E-state index contributed by atoms with van der Waals surface area (Å²) < 4.78 is 44.3. The van der Waals surface area contributed by atoms with Crippen LogP contribution < -0.4 is 10.1 Å². The van der Waals surface area contributed by atoms with Gasteiger partial charge < -0.3 is 19.6 Å². The fraction of sp³-hybridized carbons (Fsp3) is 0.250. The Labute approximate surface area is 187 Å². The number of carbonyl (C=O) groups is 1. The van der Waals surface area contributed by atoms with Gasteiger partial charge in [0.15, 0.2) is 0 Å². The first kappa shape index (κ1) is 22.6. The molecule has 0 aliphatic carbocycles. The third-order valence-electron chi connectivity index (χ3n) is 5.28. The van der Waals surface area contributed by atoms with Crippen LogP contribution in [-0.4, -0.2) is 41.4 Å². The first-order valence-corrected chi connectivity index (χ1v) is 10.4. The van der Waals surface area contributed by atoms with Crippen molar-refractivity contribution in [2.45, 2.75) is 25.1 Å². The second-order valence-electron chi connectivity index (χ2n) is 7.55. The van der Waals surface area contributed by atoms with E-state index in [1.54, 1.807) is 0 Å². The monoisotopic (exact) mass is 458 g/mol. The lowest BCUT2D eigenvalue weighted by Gasteiger charge is -2.25. The van der Waals surface area contributed by atoms with Crippen LogP contribution in [0, 0.1) is 0 Å². The lowest BCUT2D eigenvalue weighted by Crippen LogP contribution is -2.34. The fourth-order valence-corrected chi connectivity index (χ4v) is 3.70. The summed E-state index contributed by atoms with van der Waals surface area (Å²) in [4.78, 5) is 13.2. The highest BCUT2D eigenvalue weighted by Gasteiger charge is 2.38. The average molecular weight is 458 g/mol. The summed E-state index contributed by atoms with van der Waals surface area (Å²) in [6.45, 7) is 2.00. The molecule has 0 bridgehead atoms. The predicted molar refractivity (Wildman–Crippen MR) is 117 cm³/mol. The van der Waals surface area contributed by atoms with E-state index in [4.69, 9.17) is 19.1 Å². The molecule has 1 saturated heterocycles. The van der Waals surface area contributed by atoms with Crippen molar-refractivity contribution in [2.24, 2.45) is 0 Å². The van der Waals surface area contributed by atoms with Crippen LogP contribution in [0.3, 0.4) is 0 Å². The van der Waals surface area contributed by atoms with Crippen molar-refractivity contribution in [3.8, 4) is 17.1 Å². The molecule has 172 valence electrons. The number of rotatable bonds is 3. The number of hydrogen-bond acceptors (Lipinski definition) is 5. The number of furan rings is 1. The molecule has 2 aromatic heterocycles. The minimum Gasteiger partial charge on any atom is -0.490 e. The van der Waals surface area contributed by atoms with Gasteiger partial charge >= 0.3 is 12.1 Å². The van der Waals surface area contributed by atoms with E-state index in [0.29, 0.717) is 0 Å². The van der Waals surface area contributed by atoms with Crippen molar-refractivity contribution < 1.29 is 32.2 Å². The number of para-hydroxylation sites is 1. The molecule has 0 atom stereocenters. The molecule has 1 aliphatic heterocycles. The van der Waals surface area contributed by atoms with Crippen molar-refractivity contribution in [3.63, 3.8) is 0 Å². The van der Waals surface area contributed by atoms with Crippen molar-refractivity contribution in [2.75, 3.05) is 13.1 Å². The number of hydrogen-bond donors (Lipinski definition) is 2. The van der Waals surface area contributed by atoms with Crippen LogP contribution in [0.15, 0.2) is 65.3 Å². The van der Waals surface area contributed by atoms with Gasteiger partial charge in [-0.25, -0.2) is 4.79 Å². The fourth-order valence-electron chi connectivity index (χ4n) is 3.70. The van der Waals surface area contributed by atoms with Crippen LogP contribution in [0.2, 0.25) is 0 Å².